The van der Waals surface area contributed by atoms with Crippen molar-refractivity contribution in [1.29, 1.82) is 0 Å². The summed E-state index contributed by atoms with van der Waals surface area (Å²) in [6, 6.07) is 12.5. The summed E-state index contributed by atoms with van der Waals surface area (Å²) in [7, 11) is -4.11. The lowest BCUT2D eigenvalue weighted by atomic mass is 9.82. The number of phenols is 1. The third-order valence-electron chi connectivity index (χ3n) is 8.64. The number of phenolic OH excluding ortho intramolecular Hbond substituents is 1. The number of carbonyl (C=O) groups is 3. The summed E-state index contributed by atoms with van der Waals surface area (Å²) in [6.07, 6.45) is -0.574. The molecule has 4 fully saturated rings. The van der Waals surface area contributed by atoms with Crippen LogP contribution in [0.25, 0.3) is 0 Å². The molecule has 224 valence electrons. The zero-order valence-electron chi connectivity index (χ0n) is 22.0. The lowest BCUT2D eigenvalue weighted by Gasteiger charge is -2.39. The Bertz CT molecular complexity index is 1530. The molecule has 2 aliphatic heterocycles. The van der Waals surface area contributed by atoms with Crippen molar-refractivity contribution in [2.45, 2.75) is 42.3 Å². The predicted octanol–water partition coefficient (Wildman–Crippen LogP) is 2.86. The molecule has 6 unspecified atom stereocenters. The molecule has 4 aliphatic rings. The Hall–Kier alpha value is -2.02. The molecule has 2 aliphatic carbocycles. The fourth-order valence-electron chi connectivity index (χ4n) is 6.85. The number of hydrogen-bond donors (Lipinski definition) is 2. The molecule has 0 spiro atoms. The van der Waals surface area contributed by atoms with E-state index >= 15 is 0 Å². The Labute approximate surface area is 269 Å². The van der Waals surface area contributed by atoms with Gasteiger partial charge in [-0.05, 0) is 82.4 Å². The molecular weight excluding hydrogens is 796 g/mol. The number of esters is 3. The summed E-state index contributed by atoms with van der Waals surface area (Å²) >= 11 is 3.87. The van der Waals surface area contributed by atoms with Crippen molar-refractivity contribution >= 4 is 73.2 Å². The van der Waals surface area contributed by atoms with Gasteiger partial charge in [0.1, 0.15) is 34.4 Å². The summed E-state index contributed by atoms with van der Waals surface area (Å²) in [5.41, 5.74) is -0.169. The molecule has 6 rings (SSSR count). The van der Waals surface area contributed by atoms with Gasteiger partial charge in [0, 0.05) is 28.2 Å². The molecule has 0 radical (unpaired) electrons. The van der Waals surface area contributed by atoms with Gasteiger partial charge in [0.15, 0.2) is 6.61 Å². The lowest BCUT2D eigenvalue weighted by molar-refractivity contribution is -0.177. The van der Waals surface area contributed by atoms with E-state index in [9.17, 15) is 27.9 Å². The number of aromatic hydroxyl groups is 1. The normalized spacial score (nSPS) is 30.0. The van der Waals surface area contributed by atoms with Crippen LogP contribution in [-0.2, 0) is 43.7 Å². The minimum Gasteiger partial charge on any atom is -0.506 e. The Balaban J connectivity index is 1.18. The summed E-state index contributed by atoms with van der Waals surface area (Å²) in [4.78, 5) is 39.2. The number of piperidine rings is 1. The van der Waals surface area contributed by atoms with Crippen LogP contribution in [0.5, 0.6) is 5.75 Å². The first-order valence-electron chi connectivity index (χ1n) is 13.5. The van der Waals surface area contributed by atoms with Gasteiger partial charge < -0.3 is 24.6 Å². The molecule has 14 heteroatoms. The molecule has 2 bridgehead atoms. The van der Waals surface area contributed by atoms with Gasteiger partial charge in [-0.3, -0.25) is 8.98 Å². The molecule has 6 atom stereocenters. The van der Waals surface area contributed by atoms with Crippen LogP contribution in [0.3, 0.4) is 0 Å². The first-order valence-corrected chi connectivity index (χ1v) is 17.1. The molecule has 2 N–H and O–H groups in total. The van der Waals surface area contributed by atoms with Gasteiger partial charge in [-0.25, -0.2) is 9.59 Å². The van der Waals surface area contributed by atoms with Crippen LogP contribution in [0.4, 0.5) is 0 Å². The molecule has 2 aromatic carbocycles. The van der Waals surface area contributed by atoms with Crippen molar-refractivity contribution in [3.63, 3.8) is 0 Å². The highest BCUT2D eigenvalue weighted by molar-refractivity contribution is 14.1. The van der Waals surface area contributed by atoms with E-state index in [1.54, 1.807) is 6.07 Å². The minimum atomic E-state index is -4.11. The largest absolute Gasteiger partial charge is 0.506 e. The topological polar surface area (TPSA) is 155 Å². The molecule has 11 nitrogen and oxygen atoms in total. The summed E-state index contributed by atoms with van der Waals surface area (Å²) in [5.74, 6) is -4.97. The van der Waals surface area contributed by atoms with Crippen LogP contribution in [0.1, 0.15) is 35.2 Å². The Morgan fingerprint density at radius 1 is 1.07 bits per heavy atom. The summed E-state index contributed by atoms with van der Waals surface area (Å²) in [6.45, 7) is 0.490. The van der Waals surface area contributed by atoms with Crippen molar-refractivity contribution in [2.24, 2.45) is 17.8 Å². The van der Waals surface area contributed by atoms with E-state index in [-0.39, 0.29) is 11.3 Å². The van der Waals surface area contributed by atoms with Crippen LogP contribution < -0.4 is 5.32 Å². The summed E-state index contributed by atoms with van der Waals surface area (Å²) in [5, 5.41) is 12.4. The van der Waals surface area contributed by atoms with Crippen molar-refractivity contribution < 1.29 is 46.3 Å². The number of halogens is 2. The standard InChI is InChI=1S/C28H27I2NO10S/c29-15-10-17(22(33)19(30)11-15)26(34)38-13-20(32)39-23-16-12-18-24(23)41-42(36,37)25(18)21(16)27(35)40-28(6-8-31-9-7-28)14-4-2-1-3-5-14/h1-5,10-11,16,18,21,23-25,31,33H,6-9,12-13H2. The van der Waals surface area contributed by atoms with Crippen LogP contribution in [0.15, 0.2) is 42.5 Å². The fraction of sp³-hybridized carbons (Fsp3) is 0.464. The Kier molecular flexibility index (Phi) is 8.21. The Morgan fingerprint density at radius 3 is 2.50 bits per heavy atom. The molecular formula is C28H27I2NO10S. The molecule has 2 aromatic rings. The maximum Gasteiger partial charge on any atom is 0.344 e. The number of rotatable bonds is 7. The average molecular weight is 823 g/mol. The van der Waals surface area contributed by atoms with Gasteiger partial charge in [-0.2, -0.15) is 8.42 Å². The van der Waals surface area contributed by atoms with E-state index in [4.69, 9.17) is 18.4 Å². The average Bonchev–Trinajstić information content (AvgIpc) is 3.57. The van der Waals surface area contributed by atoms with Crippen LogP contribution >= 0.6 is 45.2 Å². The molecule has 2 saturated carbocycles. The quantitative estimate of drug-likeness (QED) is 0.184. The third-order valence-corrected chi connectivity index (χ3v) is 11.9. The van der Waals surface area contributed by atoms with E-state index in [1.807, 2.05) is 75.5 Å². The van der Waals surface area contributed by atoms with Crippen LogP contribution in [0, 0.1) is 24.9 Å². The van der Waals surface area contributed by atoms with E-state index in [1.165, 1.54) is 6.07 Å². The van der Waals surface area contributed by atoms with Crippen LogP contribution in [0.2, 0.25) is 0 Å². The van der Waals surface area contributed by atoms with E-state index in [2.05, 4.69) is 5.32 Å². The van der Waals surface area contributed by atoms with Crippen molar-refractivity contribution in [2.75, 3.05) is 19.7 Å². The number of carbonyl (C=O) groups excluding carboxylic acids is 3. The van der Waals surface area contributed by atoms with Crippen molar-refractivity contribution in [3.8, 4) is 5.75 Å². The van der Waals surface area contributed by atoms with Gasteiger partial charge in [0.05, 0.1) is 9.49 Å². The zero-order valence-corrected chi connectivity index (χ0v) is 27.2. The second-order valence-electron chi connectivity index (χ2n) is 11.0. The molecule has 2 heterocycles. The number of nitrogens with one attached hydrogen (secondary N) is 1. The van der Waals surface area contributed by atoms with Crippen molar-refractivity contribution in [1.82, 2.24) is 5.32 Å². The molecule has 0 amide bonds. The van der Waals surface area contributed by atoms with Gasteiger partial charge in [0.2, 0.25) is 0 Å². The molecule has 0 aromatic heterocycles. The number of fused-ring (bicyclic) bond motifs is 1. The Morgan fingerprint density at radius 2 is 1.79 bits per heavy atom. The van der Waals surface area contributed by atoms with E-state index < -0.39 is 75.4 Å². The van der Waals surface area contributed by atoms with E-state index in [0.29, 0.717) is 39.5 Å². The van der Waals surface area contributed by atoms with Gasteiger partial charge in [-0.1, -0.05) is 30.3 Å². The monoisotopic (exact) mass is 823 g/mol. The number of benzene rings is 2. The fourth-order valence-corrected chi connectivity index (χ4v) is 10.7. The second kappa shape index (κ2) is 11.5. The number of ether oxygens (including phenoxy) is 3. The SMILES string of the molecule is O=C(COC(=O)c1cc(I)cc(I)c1O)OC1C2CC3C1OS(=O)(=O)C3C2C(=O)OC1(c2ccccc2)CCNCC1. The first kappa shape index (κ1) is 30.0. The maximum atomic E-state index is 13.9. The van der Waals surface area contributed by atoms with Crippen LogP contribution in [-0.4, -0.2) is 68.6 Å². The van der Waals surface area contributed by atoms with E-state index in [0.717, 1.165) is 5.56 Å². The van der Waals surface area contributed by atoms with Crippen molar-refractivity contribution in [3.05, 3.63) is 60.7 Å². The smallest absolute Gasteiger partial charge is 0.344 e. The maximum absolute atomic E-state index is 13.9. The highest BCUT2D eigenvalue weighted by Crippen LogP contribution is 2.59. The minimum absolute atomic E-state index is 0.0971. The molecule has 42 heavy (non-hydrogen) atoms. The third kappa shape index (κ3) is 5.30. The zero-order chi connectivity index (χ0) is 29.8. The number of hydrogen-bond acceptors (Lipinski definition) is 11. The first-order chi connectivity index (χ1) is 20.0. The van der Waals surface area contributed by atoms with Gasteiger partial charge >= 0.3 is 17.9 Å². The summed E-state index contributed by atoms with van der Waals surface area (Å²) < 4.78 is 49.6. The predicted molar refractivity (Wildman–Crippen MR) is 163 cm³/mol. The lowest BCUT2D eigenvalue weighted by Crippen LogP contribution is -2.49. The second-order valence-corrected chi connectivity index (χ2v) is 15.1. The molecule has 2 saturated heterocycles. The highest BCUT2D eigenvalue weighted by Gasteiger charge is 2.72. The highest BCUT2D eigenvalue weighted by atomic mass is 127. The van der Waals surface area contributed by atoms with Gasteiger partial charge in [0.25, 0.3) is 10.1 Å². The van der Waals surface area contributed by atoms with Gasteiger partial charge in [-0.15, -0.1) is 0 Å².